The maximum Gasteiger partial charge on any atom is 0.446 e. The molecule has 0 unspecified atom stereocenters. The molecule has 1 atom stereocenters. The number of hydrogen-bond donors (Lipinski definition) is 1. The number of aryl methyl sites for hydroxylation is 1. The van der Waals surface area contributed by atoms with Crippen LogP contribution in [0.3, 0.4) is 0 Å². The van der Waals surface area contributed by atoms with Crippen LogP contribution in [0.1, 0.15) is 35.8 Å². The summed E-state index contributed by atoms with van der Waals surface area (Å²) in [5, 5.41) is 4.51. The minimum absolute atomic E-state index is 0.0682. The van der Waals surface area contributed by atoms with Crippen molar-refractivity contribution in [1.29, 1.82) is 0 Å². The Morgan fingerprint density at radius 3 is 2.50 bits per heavy atom. The summed E-state index contributed by atoms with van der Waals surface area (Å²) < 4.78 is 39.0. The first-order valence-electron chi connectivity index (χ1n) is 8.16. The Balaban J connectivity index is 1.69. The lowest BCUT2D eigenvalue weighted by atomic mass is 9.93. The molecule has 1 aliphatic carbocycles. The van der Waals surface area contributed by atoms with Crippen molar-refractivity contribution in [2.45, 2.75) is 36.1 Å². The van der Waals surface area contributed by atoms with E-state index in [4.69, 9.17) is 5.73 Å². The second-order valence-corrected chi connectivity index (χ2v) is 7.57. The number of nitrogen functional groups attached to an aromatic ring is 1. The number of anilines is 1. The zero-order valence-corrected chi connectivity index (χ0v) is 14.7. The summed E-state index contributed by atoms with van der Waals surface area (Å²) in [5.74, 6) is 1.82. The SMILES string of the molecule is Cc1cc(N)n2nc([C@@H](c3ccc(SC(F)(F)F)cc3)C3CC3)nc2n1. The predicted molar refractivity (Wildman–Crippen MR) is 92.9 cm³/mol. The quantitative estimate of drug-likeness (QED) is 0.689. The van der Waals surface area contributed by atoms with E-state index in [1.165, 1.54) is 16.6 Å². The molecule has 5 nitrogen and oxygen atoms in total. The van der Waals surface area contributed by atoms with Gasteiger partial charge in [0.2, 0.25) is 0 Å². The third kappa shape index (κ3) is 3.48. The molecule has 0 spiro atoms. The van der Waals surface area contributed by atoms with Crippen LogP contribution in [-0.4, -0.2) is 25.1 Å². The fraction of sp³-hybridized carbons (Fsp3) is 0.353. The van der Waals surface area contributed by atoms with Crippen LogP contribution in [0.15, 0.2) is 35.2 Å². The van der Waals surface area contributed by atoms with Crippen molar-refractivity contribution >= 4 is 23.4 Å². The van der Waals surface area contributed by atoms with E-state index >= 15 is 0 Å². The van der Waals surface area contributed by atoms with Crippen molar-refractivity contribution in [3.63, 3.8) is 0 Å². The highest BCUT2D eigenvalue weighted by atomic mass is 32.2. The zero-order chi connectivity index (χ0) is 18.5. The number of alkyl halides is 3. The van der Waals surface area contributed by atoms with Gasteiger partial charge in [-0.05, 0) is 55.1 Å². The highest BCUT2D eigenvalue weighted by Gasteiger charge is 2.36. The van der Waals surface area contributed by atoms with Crippen LogP contribution < -0.4 is 5.73 Å². The number of hydrogen-bond acceptors (Lipinski definition) is 5. The molecule has 2 aromatic heterocycles. The minimum atomic E-state index is -4.29. The Kier molecular flexibility index (Phi) is 4.06. The summed E-state index contributed by atoms with van der Waals surface area (Å²) in [6, 6.07) is 8.17. The van der Waals surface area contributed by atoms with Crippen LogP contribution in [0.25, 0.3) is 5.78 Å². The van der Waals surface area contributed by atoms with E-state index in [1.807, 2.05) is 6.92 Å². The van der Waals surface area contributed by atoms with Gasteiger partial charge in [0.15, 0.2) is 5.82 Å². The predicted octanol–water partition coefficient (Wildman–Crippen LogP) is 4.17. The fourth-order valence-corrected chi connectivity index (χ4v) is 3.64. The highest BCUT2D eigenvalue weighted by molar-refractivity contribution is 8.00. The van der Waals surface area contributed by atoms with E-state index in [0.717, 1.165) is 24.1 Å². The number of nitrogens with zero attached hydrogens (tertiary/aromatic N) is 4. The molecule has 1 fully saturated rings. The molecule has 0 amide bonds. The van der Waals surface area contributed by atoms with Crippen molar-refractivity contribution in [3.8, 4) is 0 Å². The Morgan fingerprint density at radius 2 is 1.88 bits per heavy atom. The van der Waals surface area contributed by atoms with Crippen LogP contribution in [-0.2, 0) is 0 Å². The van der Waals surface area contributed by atoms with Crippen molar-refractivity contribution < 1.29 is 13.2 Å². The lowest BCUT2D eigenvalue weighted by Gasteiger charge is -2.14. The monoisotopic (exact) mass is 379 g/mol. The number of rotatable bonds is 4. The maximum absolute atomic E-state index is 12.5. The molecule has 0 aliphatic heterocycles. The van der Waals surface area contributed by atoms with Crippen LogP contribution in [0.4, 0.5) is 19.0 Å². The number of nitrogens with two attached hydrogens (primary N) is 1. The standard InChI is InChI=1S/C17H16F3N5S/c1-9-8-13(21)25-16(22-9)23-15(24-25)14(10-2-3-10)11-4-6-12(7-5-11)26-17(18,19)20/h4-8,10,14H,2-3,21H2,1H3/t14-/m1/s1. The molecular weight excluding hydrogens is 363 g/mol. The first-order chi connectivity index (χ1) is 12.3. The Labute approximate surface area is 151 Å². The molecule has 1 saturated carbocycles. The van der Waals surface area contributed by atoms with Crippen molar-refractivity contribution in [3.05, 3.63) is 47.4 Å². The molecule has 4 rings (SSSR count). The Morgan fingerprint density at radius 1 is 1.19 bits per heavy atom. The van der Waals surface area contributed by atoms with Crippen molar-refractivity contribution in [1.82, 2.24) is 19.6 Å². The Hall–Kier alpha value is -2.29. The summed E-state index contributed by atoms with van der Waals surface area (Å²) in [5.41, 5.74) is 3.36. The van der Waals surface area contributed by atoms with E-state index in [0.29, 0.717) is 23.3 Å². The number of halogens is 3. The van der Waals surface area contributed by atoms with E-state index in [2.05, 4.69) is 15.1 Å². The normalized spacial score (nSPS) is 16.2. The first-order valence-corrected chi connectivity index (χ1v) is 8.97. The van der Waals surface area contributed by atoms with Gasteiger partial charge in [-0.1, -0.05) is 12.1 Å². The van der Waals surface area contributed by atoms with Crippen LogP contribution in [0.2, 0.25) is 0 Å². The Bertz CT molecular complexity index is 947. The van der Waals surface area contributed by atoms with Gasteiger partial charge >= 0.3 is 5.51 Å². The topological polar surface area (TPSA) is 69.1 Å². The fourth-order valence-electron chi connectivity index (χ4n) is 3.10. The van der Waals surface area contributed by atoms with Crippen LogP contribution in [0.5, 0.6) is 0 Å². The molecular formula is C17H16F3N5S. The van der Waals surface area contributed by atoms with Crippen molar-refractivity contribution in [2.75, 3.05) is 5.73 Å². The van der Waals surface area contributed by atoms with Crippen LogP contribution in [0, 0.1) is 12.8 Å². The van der Waals surface area contributed by atoms with Crippen molar-refractivity contribution in [2.24, 2.45) is 5.92 Å². The van der Waals surface area contributed by atoms with E-state index in [1.54, 1.807) is 18.2 Å². The molecule has 9 heteroatoms. The first kappa shape index (κ1) is 17.1. The summed E-state index contributed by atoms with van der Waals surface area (Å²) in [6.07, 6.45) is 2.09. The van der Waals surface area contributed by atoms with Gasteiger partial charge in [-0.15, -0.1) is 5.10 Å². The van der Waals surface area contributed by atoms with E-state index in [9.17, 15) is 13.2 Å². The third-order valence-electron chi connectivity index (χ3n) is 4.33. The van der Waals surface area contributed by atoms with Gasteiger partial charge in [0.25, 0.3) is 5.78 Å². The summed E-state index contributed by atoms with van der Waals surface area (Å²) in [6.45, 7) is 1.83. The summed E-state index contributed by atoms with van der Waals surface area (Å²) in [4.78, 5) is 9.05. The molecule has 0 saturated heterocycles. The number of thioether (sulfide) groups is 1. The third-order valence-corrected chi connectivity index (χ3v) is 5.07. The molecule has 26 heavy (non-hydrogen) atoms. The molecule has 1 aliphatic rings. The highest BCUT2D eigenvalue weighted by Crippen LogP contribution is 2.46. The van der Waals surface area contributed by atoms with Gasteiger partial charge in [-0.2, -0.15) is 22.7 Å². The maximum atomic E-state index is 12.5. The largest absolute Gasteiger partial charge is 0.446 e. The van der Waals surface area contributed by atoms with Gasteiger partial charge in [0.05, 0.1) is 0 Å². The lowest BCUT2D eigenvalue weighted by Crippen LogP contribution is -2.07. The van der Waals surface area contributed by atoms with Crippen LogP contribution >= 0.6 is 11.8 Å². The zero-order valence-electron chi connectivity index (χ0n) is 13.9. The van der Waals surface area contributed by atoms with Gasteiger partial charge in [0, 0.05) is 22.6 Å². The molecule has 136 valence electrons. The minimum Gasteiger partial charge on any atom is -0.383 e. The summed E-state index contributed by atoms with van der Waals surface area (Å²) in [7, 11) is 0. The average Bonchev–Trinajstić information content (AvgIpc) is 3.27. The number of benzene rings is 1. The van der Waals surface area contributed by atoms with Gasteiger partial charge in [0.1, 0.15) is 5.82 Å². The van der Waals surface area contributed by atoms with Gasteiger partial charge < -0.3 is 5.73 Å². The van der Waals surface area contributed by atoms with Gasteiger partial charge in [-0.3, -0.25) is 0 Å². The molecule has 0 bridgehead atoms. The average molecular weight is 379 g/mol. The number of fused-ring (bicyclic) bond motifs is 1. The second kappa shape index (κ2) is 6.15. The second-order valence-electron chi connectivity index (χ2n) is 6.44. The van der Waals surface area contributed by atoms with E-state index < -0.39 is 5.51 Å². The molecule has 2 heterocycles. The molecule has 2 N–H and O–H groups in total. The van der Waals surface area contributed by atoms with E-state index in [-0.39, 0.29) is 22.6 Å². The summed E-state index contributed by atoms with van der Waals surface area (Å²) >= 11 is -0.114. The molecule has 3 aromatic rings. The smallest absolute Gasteiger partial charge is 0.383 e. The molecule has 1 aromatic carbocycles. The molecule has 0 radical (unpaired) electrons. The number of aromatic nitrogens is 4. The lowest BCUT2D eigenvalue weighted by molar-refractivity contribution is -0.0328. The van der Waals surface area contributed by atoms with Gasteiger partial charge in [-0.25, -0.2) is 4.98 Å².